The van der Waals surface area contributed by atoms with Gasteiger partial charge in [-0.25, -0.2) is 0 Å². The predicted octanol–water partition coefficient (Wildman–Crippen LogP) is 1.84. The molecule has 2 bridgehead atoms. The van der Waals surface area contributed by atoms with Crippen molar-refractivity contribution >= 4 is 12.4 Å². The summed E-state index contributed by atoms with van der Waals surface area (Å²) in [5.41, 5.74) is 0. The Balaban J connectivity index is 0.000000845. The Morgan fingerprint density at radius 2 is 1.92 bits per heavy atom. The maximum absolute atomic E-state index is 11.8. The molecule has 0 unspecified atom stereocenters. The Hall–Kier alpha value is -0.0000000000000000416. The summed E-state index contributed by atoms with van der Waals surface area (Å²) in [6.45, 7) is 0. The number of alkyl halides is 3. The van der Waals surface area contributed by atoms with E-state index in [0.717, 1.165) is 12.8 Å². The fourth-order valence-corrected chi connectivity index (χ4v) is 2.08. The van der Waals surface area contributed by atoms with E-state index in [0.29, 0.717) is 6.42 Å². The lowest BCUT2D eigenvalue weighted by Crippen LogP contribution is -2.34. The zero-order valence-electron chi connectivity index (χ0n) is 6.80. The Labute approximate surface area is 80.2 Å². The first kappa shape index (κ1) is 11.1. The summed E-state index contributed by atoms with van der Waals surface area (Å²) in [7, 11) is 0. The van der Waals surface area contributed by atoms with Gasteiger partial charge in [0.15, 0.2) is 0 Å². The third kappa shape index (κ3) is 2.48. The van der Waals surface area contributed by atoms with E-state index in [9.17, 15) is 13.2 Å². The predicted molar refractivity (Wildman–Crippen MR) is 42.7 cm³/mol. The van der Waals surface area contributed by atoms with E-state index in [-0.39, 0.29) is 24.5 Å². The van der Waals surface area contributed by atoms with Crippen LogP contribution in [0.2, 0.25) is 0 Å². The molecule has 0 aromatic rings. The molecule has 2 rings (SSSR count). The maximum Gasteiger partial charge on any atom is 0.522 e. The van der Waals surface area contributed by atoms with Gasteiger partial charge in [-0.3, -0.25) is 4.74 Å². The molecule has 2 saturated heterocycles. The van der Waals surface area contributed by atoms with Gasteiger partial charge < -0.3 is 5.32 Å². The van der Waals surface area contributed by atoms with Crippen molar-refractivity contribution in [2.45, 2.75) is 43.8 Å². The number of rotatable bonds is 1. The standard InChI is InChI=1S/C7H10F3NO.ClH/c8-7(9,10)12-6-3-4-1-2-5(6)11-4;/h4-6,11H,1-3H2;1H/t4-,5+,6-;/m1./s1. The van der Waals surface area contributed by atoms with Crippen molar-refractivity contribution in [2.75, 3.05) is 0 Å². The van der Waals surface area contributed by atoms with Gasteiger partial charge in [-0.05, 0) is 19.3 Å². The summed E-state index contributed by atoms with van der Waals surface area (Å²) in [5, 5.41) is 3.08. The van der Waals surface area contributed by atoms with Crippen LogP contribution in [-0.4, -0.2) is 24.6 Å². The Kier molecular flexibility index (Phi) is 3.09. The number of ether oxygens (including phenoxy) is 1. The van der Waals surface area contributed by atoms with Crippen LogP contribution in [0, 0.1) is 0 Å². The van der Waals surface area contributed by atoms with Gasteiger partial charge in [-0.15, -0.1) is 25.6 Å². The van der Waals surface area contributed by atoms with Crippen molar-refractivity contribution < 1.29 is 17.9 Å². The highest BCUT2D eigenvalue weighted by Gasteiger charge is 2.45. The molecule has 0 amide bonds. The van der Waals surface area contributed by atoms with Crippen LogP contribution in [0.1, 0.15) is 19.3 Å². The van der Waals surface area contributed by atoms with E-state index in [1.165, 1.54) is 0 Å². The summed E-state index contributed by atoms with van der Waals surface area (Å²) >= 11 is 0. The fourth-order valence-electron chi connectivity index (χ4n) is 2.08. The van der Waals surface area contributed by atoms with Crippen molar-refractivity contribution in [1.29, 1.82) is 0 Å². The van der Waals surface area contributed by atoms with Gasteiger partial charge in [0.25, 0.3) is 0 Å². The van der Waals surface area contributed by atoms with Crippen LogP contribution < -0.4 is 5.32 Å². The highest BCUT2D eigenvalue weighted by molar-refractivity contribution is 5.85. The molecule has 0 aromatic heterocycles. The normalized spacial score (nSPS) is 37.6. The van der Waals surface area contributed by atoms with E-state index in [2.05, 4.69) is 10.1 Å². The molecule has 2 nitrogen and oxygen atoms in total. The van der Waals surface area contributed by atoms with Crippen LogP contribution in [0.4, 0.5) is 13.2 Å². The van der Waals surface area contributed by atoms with Gasteiger partial charge in [0.2, 0.25) is 0 Å². The highest BCUT2D eigenvalue weighted by atomic mass is 35.5. The summed E-state index contributed by atoms with van der Waals surface area (Å²) in [4.78, 5) is 0. The maximum atomic E-state index is 11.8. The Morgan fingerprint density at radius 3 is 2.31 bits per heavy atom. The third-order valence-electron chi connectivity index (χ3n) is 2.53. The lowest BCUT2D eigenvalue weighted by Gasteiger charge is -2.21. The fraction of sp³-hybridized carbons (Fsp3) is 1.00. The molecular weight excluding hydrogens is 207 g/mol. The smallest absolute Gasteiger partial charge is 0.309 e. The number of hydrogen-bond donors (Lipinski definition) is 1. The summed E-state index contributed by atoms with van der Waals surface area (Å²) in [5.74, 6) is 0. The van der Waals surface area contributed by atoms with E-state index in [4.69, 9.17) is 0 Å². The topological polar surface area (TPSA) is 21.3 Å². The van der Waals surface area contributed by atoms with Gasteiger partial charge in [-0.2, -0.15) is 0 Å². The number of nitrogens with one attached hydrogen (secondary N) is 1. The second-order valence-corrected chi connectivity index (χ2v) is 3.39. The molecule has 0 aromatic carbocycles. The van der Waals surface area contributed by atoms with Crippen molar-refractivity contribution in [1.82, 2.24) is 5.32 Å². The molecule has 0 spiro atoms. The largest absolute Gasteiger partial charge is 0.522 e. The third-order valence-corrected chi connectivity index (χ3v) is 2.53. The van der Waals surface area contributed by atoms with Gasteiger partial charge in [-0.1, -0.05) is 0 Å². The molecule has 0 radical (unpaired) electrons. The molecule has 13 heavy (non-hydrogen) atoms. The zero-order chi connectivity index (χ0) is 8.77. The second-order valence-electron chi connectivity index (χ2n) is 3.39. The average Bonchev–Trinajstić information content (AvgIpc) is 2.42. The molecule has 3 atom stereocenters. The van der Waals surface area contributed by atoms with Crippen LogP contribution in [0.5, 0.6) is 0 Å². The van der Waals surface area contributed by atoms with Crippen LogP contribution in [0.3, 0.4) is 0 Å². The molecule has 2 heterocycles. The number of halogens is 4. The van der Waals surface area contributed by atoms with E-state index < -0.39 is 12.5 Å². The van der Waals surface area contributed by atoms with Gasteiger partial charge in [0, 0.05) is 12.1 Å². The van der Waals surface area contributed by atoms with E-state index in [1.54, 1.807) is 0 Å². The monoisotopic (exact) mass is 217 g/mol. The van der Waals surface area contributed by atoms with E-state index >= 15 is 0 Å². The minimum Gasteiger partial charge on any atom is -0.309 e. The Bertz CT molecular complexity index is 187. The first-order chi connectivity index (χ1) is 5.54. The molecule has 78 valence electrons. The van der Waals surface area contributed by atoms with Crippen molar-refractivity contribution in [3.8, 4) is 0 Å². The lowest BCUT2D eigenvalue weighted by molar-refractivity contribution is -0.344. The molecule has 2 fully saturated rings. The number of hydrogen-bond acceptors (Lipinski definition) is 2. The van der Waals surface area contributed by atoms with Crippen LogP contribution in [0.25, 0.3) is 0 Å². The van der Waals surface area contributed by atoms with Crippen LogP contribution in [0.15, 0.2) is 0 Å². The molecule has 2 aliphatic heterocycles. The first-order valence-corrected chi connectivity index (χ1v) is 4.05. The summed E-state index contributed by atoms with van der Waals surface area (Å²) in [6.07, 6.45) is -2.82. The highest BCUT2D eigenvalue weighted by Crippen LogP contribution is 2.33. The minimum absolute atomic E-state index is 0. The first-order valence-electron chi connectivity index (χ1n) is 4.05. The van der Waals surface area contributed by atoms with Crippen molar-refractivity contribution in [3.63, 3.8) is 0 Å². The lowest BCUT2D eigenvalue weighted by atomic mass is 9.98. The molecule has 2 aliphatic rings. The summed E-state index contributed by atoms with van der Waals surface area (Å²) in [6, 6.07) is 0.180. The van der Waals surface area contributed by atoms with Gasteiger partial charge >= 0.3 is 6.36 Å². The minimum atomic E-state index is -4.48. The quantitative estimate of drug-likeness (QED) is 0.724. The van der Waals surface area contributed by atoms with Crippen molar-refractivity contribution in [2.24, 2.45) is 0 Å². The summed E-state index contributed by atoms with van der Waals surface area (Å²) < 4.78 is 39.3. The molecule has 1 N–H and O–H groups in total. The van der Waals surface area contributed by atoms with Crippen LogP contribution >= 0.6 is 12.4 Å². The molecule has 0 saturated carbocycles. The van der Waals surface area contributed by atoms with Gasteiger partial charge in [0.1, 0.15) is 0 Å². The van der Waals surface area contributed by atoms with E-state index in [1.807, 2.05) is 0 Å². The SMILES string of the molecule is Cl.FC(F)(F)O[C@@H]1C[C@H]2CC[C@@H]1N2. The zero-order valence-corrected chi connectivity index (χ0v) is 7.62. The number of fused-ring (bicyclic) bond motifs is 2. The molecule has 6 heteroatoms. The average molecular weight is 218 g/mol. The molecule has 0 aliphatic carbocycles. The van der Waals surface area contributed by atoms with Gasteiger partial charge in [0.05, 0.1) is 6.10 Å². The molecular formula is C7H11ClF3NO. The Morgan fingerprint density at radius 1 is 1.23 bits per heavy atom. The van der Waals surface area contributed by atoms with Crippen LogP contribution in [-0.2, 0) is 4.74 Å². The van der Waals surface area contributed by atoms with Crippen molar-refractivity contribution in [3.05, 3.63) is 0 Å². The second kappa shape index (κ2) is 3.63.